The molecule has 2 amide bonds. The fourth-order valence-corrected chi connectivity index (χ4v) is 6.34. The van der Waals surface area contributed by atoms with Crippen LogP contribution in [-0.4, -0.2) is 95.6 Å². The summed E-state index contributed by atoms with van der Waals surface area (Å²) in [5.74, 6) is -0.0146. The number of aryl methyl sites for hydroxylation is 2. The molecule has 1 saturated heterocycles. The molecule has 1 aromatic rings. The van der Waals surface area contributed by atoms with E-state index in [-0.39, 0.29) is 63.2 Å². The fourth-order valence-electron chi connectivity index (χ4n) is 5.04. The monoisotopic (exact) mass is 430 g/mol. The molecule has 0 saturated carbocycles. The first kappa shape index (κ1) is 22.7. The van der Waals surface area contributed by atoms with Crippen LogP contribution in [0.15, 0.2) is 6.07 Å². The Balaban J connectivity index is 0.00000225. The van der Waals surface area contributed by atoms with E-state index in [2.05, 4.69) is 21.0 Å². The molecule has 1 fully saturated rings. The average molecular weight is 431 g/mol. The summed E-state index contributed by atoms with van der Waals surface area (Å²) in [6.45, 7) is 3.82. The van der Waals surface area contributed by atoms with Crippen LogP contribution < -0.4 is 10.0 Å². The van der Waals surface area contributed by atoms with Crippen molar-refractivity contribution in [1.29, 1.82) is 0 Å². The van der Waals surface area contributed by atoms with Gasteiger partial charge in [0.05, 0.1) is 5.75 Å². The standard InChI is InChI=1S/C20H29N3O3S.K/c1-2-23-11-5-8-16(23)13-27(25,26)22-20(24)21-19-17-9-3-6-14(17)12-15-7-4-10-18(15)19;/h12,16H,2-11,13H2,1H3,(H2,21,22,24);. The summed E-state index contributed by atoms with van der Waals surface area (Å²) in [6, 6.07) is 1.68. The van der Waals surface area contributed by atoms with Gasteiger partial charge in [0.1, 0.15) is 0 Å². The summed E-state index contributed by atoms with van der Waals surface area (Å²) in [5.41, 5.74) is 5.92. The summed E-state index contributed by atoms with van der Waals surface area (Å²) in [7, 11) is -3.66. The molecular weight excluding hydrogens is 401 g/mol. The van der Waals surface area contributed by atoms with Crippen LogP contribution >= 0.6 is 0 Å². The van der Waals surface area contributed by atoms with Crippen LogP contribution in [0.4, 0.5) is 10.5 Å². The molecule has 1 radical (unpaired) electrons. The summed E-state index contributed by atoms with van der Waals surface area (Å²) in [4.78, 5) is 14.7. The Kier molecular flexibility index (Phi) is 7.67. The molecule has 1 aromatic carbocycles. The Morgan fingerprint density at radius 2 is 1.75 bits per heavy atom. The molecule has 4 rings (SSSR count). The first-order chi connectivity index (χ1) is 13.0. The summed E-state index contributed by atoms with van der Waals surface area (Å²) >= 11 is 0. The Hall–Kier alpha value is 0.0364. The van der Waals surface area contributed by atoms with Gasteiger partial charge in [-0.05, 0) is 86.7 Å². The van der Waals surface area contributed by atoms with E-state index in [1.54, 1.807) is 0 Å². The van der Waals surface area contributed by atoms with Crippen molar-refractivity contribution in [3.8, 4) is 0 Å². The summed E-state index contributed by atoms with van der Waals surface area (Å²) in [6.07, 6.45) is 8.09. The van der Waals surface area contributed by atoms with Gasteiger partial charge in [-0.2, -0.15) is 0 Å². The number of carbonyl (C=O) groups excluding carboxylic acids is 1. The largest absolute Gasteiger partial charge is 0.332 e. The van der Waals surface area contributed by atoms with E-state index in [9.17, 15) is 13.2 Å². The third kappa shape index (κ3) is 4.85. The number of anilines is 1. The van der Waals surface area contributed by atoms with Gasteiger partial charge in [-0.15, -0.1) is 0 Å². The van der Waals surface area contributed by atoms with Crippen LogP contribution in [0.3, 0.4) is 0 Å². The van der Waals surface area contributed by atoms with Crippen LogP contribution in [0.25, 0.3) is 0 Å². The third-order valence-corrected chi connectivity index (χ3v) is 7.60. The van der Waals surface area contributed by atoms with Crippen molar-refractivity contribution in [2.24, 2.45) is 0 Å². The fraction of sp³-hybridized carbons (Fsp3) is 0.650. The van der Waals surface area contributed by atoms with Gasteiger partial charge in [0.25, 0.3) is 0 Å². The molecule has 1 aliphatic heterocycles. The molecule has 28 heavy (non-hydrogen) atoms. The van der Waals surface area contributed by atoms with E-state index in [1.807, 2.05) is 6.92 Å². The van der Waals surface area contributed by atoms with Gasteiger partial charge in [0.2, 0.25) is 10.0 Å². The maximum absolute atomic E-state index is 12.5. The smallest absolute Gasteiger partial charge is 0.307 e. The minimum atomic E-state index is -3.66. The number of hydrogen-bond donors (Lipinski definition) is 2. The summed E-state index contributed by atoms with van der Waals surface area (Å²) in [5, 5.41) is 2.91. The van der Waals surface area contributed by atoms with Crippen molar-refractivity contribution in [2.75, 3.05) is 24.2 Å². The van der Waals surface area contributed by atoms with Gasteiger partial charge >= 0.3 is 6.03 Å². The van der Waals surface area contributed by atoms with Gasteiger partial charge in [-0.1, -0.05) is 13.0 Å². The van der Waals surface area contributed by atoms with E-state index in [4.69, 9.17) is 0 Å². The molecule has 2 aliphatic carbocycles. The van der Waals surface area contributed by atoms with Gasteiger partial charge in [0, 0.05) is 63.1 Å². The Bertz CT molecular complexity index is 824. The third-order valence-electron chi connectivity index (χ3n) is 6.28. The second-order valence-corrected chi connectivity index (χ2v) is 9.76. The second-order valence-electron chi connectivity index (χ2n) is 8.00. The Labute approximate surface area is 210 Å². The Morgan fingerprint density at radius 1 is 1.11 bits per heavy atom. The molecule has 1 atom stereocenters. The molecule has 149 valence electrons. The summed E-state index contributed by atoms with van der Waals surface area (Å²) < 4.78 is 27.3. The molecule has 6 nitrogen and oxygen atoms in total. The Morgan fingerprint density at radius 3 is 2.36 bits per heavy atom. The van der Waals surface area contributed by atoms with Gasteiger partial charge in [-0.25, -0.2) is 17.9 Å². The van der Waals surface area contributed by atoms with E-state index in [1.165, 1.54) is 22.3 Å². The number of sulfonamides is 1. The van der Waals surface area contributed by atoms with Crippen molar-refractivity contribution in [2.45, 2.75) is 64.3 Å². The van der Waals surface area contributed by atoms with Crippen molar-refractivity contribution in [3.05, 3.63) is 28.3 Å². The number of amides is 2. The number of likely N-dealkylation sites (tertiary alicyclic amines) is 1. The van der Waals surface area contributed by atoms with Crippen molar-refractivity contribution in [1.82, 2.24) is 9.62 Å². The molecule has 1 unspecified atom stereocenters. The van der Waals surface area contributed by atoms with Crippen molar-refractivity contribution >= 4 is 73.1 Å². The van der Waals surface area contributed by atoms with Crippen LogP contribution in [0.2, 0.25) is 0 Å². The van der Waals surface area contributed by atoms with E-state index >= 15 is 0 Å². The second kappa shape index (κ2) is 9.45. The maximum atomic E-state index is 12.5. The SMILES string of the molecule is CCN1CCCC1CS(=O)(=O)NC(=O)Nc1c2c(cc3c1CCC3)CCC2.[K]. The van der Waals surface area contributed by atoms with Gasteiger partial charge in [-0.3, -0.25) is 4.90 Å². The van der Waals surface area contributed by atoms with Crippen molar-refractivity contribution in [3.63, 3.8) is 0 Å². The number of nitrogens with zero attached hydrogens (tertiary/aromatic N) is 1. The number of hydrogen-bond acceptors (Lipinski definition) is 4. The topological polar surface area (TPSA) is 78.5 Å². The average Bonchev–Trinajstić information content (AvgIpc) is 3.33. The van der Waals surface area contributed by atoms with Crippen LogP contribution in [-0.2, 0) is 35.7 Å². The minimum absolute atomic E-state index is 0. The zero-order valence-electron chi connectivity index (χ0n) is 17.0. The predicted octanol–water partition coefficient (Wildman–Crippen LogP) is 2.22. The van der Waals surface area contributed by atoms with Gasteiger partial charge < -0.3 is 5.32 Å². The molecule has 8 heteroatoms. The molecule has 3 aliphatic rings. The molecule has 0 spiro atoms. The first-order valence-corrected chi connectivity index (χ1v) is 11.8. The minimum Gasteiger partial charge on any atom is -0.307 e. The zero-order chi connectivity index (χ0) is 19.0. The molecule has 1 heterocycles. The van der Waals surface area contributed by atoms with E-state index < -0.39 is 16.1 Å². The van der Waals surface area contributed by atoms with Crippen LogP contribution in [0, 0.1) is 0 Å². The number of carbonyl (C=O) groups is 1. The number of urea groups is 1. The van der Waals surface area contributed by atoms with Crippen LogP contribution in [0.1, 0.15) is 54.9 Å². The van der Waals surface area contributed by atoms with E-state index in [0.29, 0.717) is 0 Å². The number of fused-ring (bicyclic) bond motifs is 2. The predicted molar refractivity (Wildman–Crippen MR) is 112 cm³/mol. The van der Waals surface area contributed by atoms with Gasteiger partial charge in [0.15, 0.2) is 0 Å². The normalized spacial score (nSPS) is 21.1. The first-order valence-electron chi connectivity index (χ1n) is 10.2. The van der Waals surface area contributed by atoms with Crippen LogP contribution in [0.5, 0.6) is 0 Å². The molecule has 2 N–H and O–H groups in total. The maximum Gasteiger partial charge on any atom is 0.332 e. The molecule has 0 bridgehead atoms. The zero-order valence-corrected chi connectivity index (χ0v) is 21.0. The quantitative estimate of drug-likeness (QED) is 0.702. The molecular formula is C20H29KN3O3S. The molecule has 0 aromatic heterocycles. The van der Waals surface area contributed by atoms with E-state index in [0.717, 1.165) is 70.1 Å². The number of benzene rings is 1. The number of rotatable bonds is 5. The van der Waals surface area contributed by atoms with Crippen molar-refractivity contribution < 1.29 is 13.2 Å². The number of nitrogens with one attached hydrogen (secondary N) is 2.